The van der Waals surface area contributed by atoms with Gasteiger partial charge in [0.2, 0.25) is 4.80 Å². The van der Waals surface area contributed by atoms with Crippen molar-refractivity contribution in [1.29, 1.82) is 0 Å². The second kappa shape index (κ2) is 10.8. The van der Waals surface area contributed by atoms with Crippen LogP contribution in [0.2, 0.25) is 0 Å². The number of hydrogen-bond acceptors (Lipinski definition) is 6. The molecule has 0 unspecified atom stereocenters. The fraction of sp³-hybridized carbons (Fsp3) is 0.179. The standard InChI is InChI=1S/C28H26FN5O2S/c1-3-33(4-2)23-12-5-19(6-13-23)16-30-34-25(18-37-28(34)31-22-10-8-21(29)9-11-22)20-7-14-26-24(15-20)32-27(35)17-36-26/h5-16,18H,3-4,17H2,1-2H3,(H,32,35). The van der Waals surface area contributed by atoms with Gasteiger partial charge in [-0.25, -0.2) is 14.1 Å². The molecule has 0 radical (unpaired) electrons. The Labute approximate surface area is 218 Å². The average Bonchev–Trinajstić information content (AvgIpc) is 3.32. The Morgan fingerprint density at radius 3 is 2.57 bits per heavy atom. The number of rotatable bonds is 7. The molecule has 188 valence electrons. The second-order valence-corrected chi connectivity index (χ2v) is 9.20. The van der Waals surface area contributed by atoms with E-state index in [2.05, 4.69) is 36.2 Å². The van der Waals surface area contributed by atoms with E-state index in [4.69, 9.17) is 14.8 Å². The van der Waals surface area contributed by atoms with Crippen molar-refractivity contribution >= 4 is 40.5 Å². The van der Waals surface area contributed by atoms with E-state index in [0.717, 1.165) is 35.6 Å². The lowest BCUT2D eigenvalue weighted by molar-refractivity contribution is -0.118. The molecule has 37 heavy (non-hydrogen) atoms. The van der Waals surface area contributed by atoms with Crippen molar-refractivity contribution in [3.63, 3.8) is 0 Å². The minimum atomic E-state index is -0.316. The smallest absolute Gasteiger partial charge is 0.262 e. The summed E-state index contributed by atoms with van der Waals surface area (Å²) >= 11 is 1.42. The van der Waals surface area contributed by atoms with Gasteiger partial charge in [0.15, 0.2) is 6.61 Å². The first-order valence-corrected chi connectivity index (χ1v) is 12.9. The molecule has 1 N–H and O–H groups in total. The molecule has 1 aromatic heterocycles. The number of fused-ring (bicyclic) bond motifs is 1. The predicted octanol–water partition coefficient (Wildman–Crippen LogP) is 5.65. The van der Waals surface area contributed by atoms with Crippen LogP contribution in [0.5, 0.6) is 5.75 Å². The van der Waals surface area contributed by atoms with Crippen molar-refractivity contribution < 1.29 is 13.9 Å². The molecule has 0 fully saturated rings. The summed E-state index contributed by atoms with van der Waals surface area (Å²) in [6.45, 7) is 6.16. The third kappa shape index (κ3) is 5.46. The molecule has 0 atom stereocenters. The molecule has 0 saturated heterocycles. The Hall–Kier alpha value is -4.24. The monoisotopic (exact) mass is 515 g/mol. The molecular weight excluding hydrogens is 489 g/mol. The number of anilines is 2. The van der Waals surface area contributed by atoms with Crippen LogP contribution in [0.25, 0.3) is 11.3 Å². The number of nitrogens with one attached hydrogen (secondary N) is 1. The largest absolute Gasteiger partial charge is 0.482 e. The van der Waals surface area contributed by atoms with E-state index in [1.54, 1.807) is 23.0 Å². The molecule has 0 aliphatic carbocycles. The summed E-state index contributed by atoms with van der Waals surface area (Å²) in [5, 5.41) is 9.58. The van der Waals surface area contributed by atoms with Gasteiger partial charge in [-0.2, -0.15) is 5.10 Å². The molecule has 5 rings (SSSR count). The summed E-state index contributed by atoms with van der Waals surface area (Å²) in [5.74, 6) is 0.113. The van der Waals surface area contributed by atoms with Gasteiger partial charge < -0.3 is 15.0 Å². The number of carbonyl (C=O) groups is 1. The fourth-order valence-corrected chi connectivity index (χ4v) is 4.90. The zero-order chi connectivity index (χ0) is 25.8. The summed E-state index contributed by atoms with van der Waals surface area (Å²) in [6, 6.07) is 19.9. The van der Waals surface area contributed by atoms with Gasteiger partial charge in [-0.3, -0.25) is 4.79 Å². The van der Waals surface area contributed by atoms with Crippen LogP contribution in [0.4, 0.5) is 21.5 Å². The van der Waals surface area contributed by atoms with Gasteiger partial charge in [-0.05, 0) is 74.0 Å². The Balaban J connectivity index is 1.55. The minimum absolute atomic E-state index is 0.00283. The molecule has 3 aromatic carbocycles. The summed E-state index contributed by atoms with van der Waals surface area (Å²) in [7, 11) is 0. The molecule has 2 heterocycles. The van der Waals surface area contributed by atoms with Gasteiger partial charge in [-0.15, -0.1) is 11.3 Å². The van der Waals surface area contributed by atoms with Crippen LogP contribution in [-0.4, -0.2) is 36.5 Å². The Kier molecular flexibility index (Phi) is 7.14. The summed E-state index contributed by atoms with van der Waals surface area (Å²) in [5.41, 5.74) is 4.98. The van der Waals surface area contributed by atoms with E-state index in [1.165, 1.54) is 23.5 Å². The van der Waals surface area contributed by atoms with Crippen molar-refractivity contribution in [3.05, 3.63) is 88.3 Å². The third-order valence-electron chi connectivity index (χ3n) is 5.99. The van der Waals surface area contributed by atoms with Gasteiger partial charge in [0.05, 0.1) is 23.3 Å². The van der Waals surface area contributed by atoms with Crippen LogP contribution >= 0.6 is 11.3 Å². The molecule has 0 spiro atoms. The van der Waals surface area contributed by atoms with Crippen molar-refractivity contribution in [2.24, 2.45) is 10.1 Å². The highest BCUT2D eigenvalue weighted by atomic mass is 32.1. The number of benzene rings is 3. The number of thiazole rings is 1. The van der Waals surface area contributed by atoms with E-state index < -0.39 is 0 Å². The van der Waals surface area contributed by atoms with Gasteiger partial charge in [0.25, 0.3) is 5.91 Å². The van der Waals surface area contributed by atoms with Crippen LogP contribution in [0.1, 0.15) is 19.4 Å². The number of ether oxygens (including phenoxy) is 1. The minimum Gasteiger partial charge on any atom is -0.482 e. The summed E-state index contributed by atoms with van der Waals surface area (Å²) in [4.78, 5) is 19.4. The zero-order valence-corrected chi connectivity index (χ0v) is 21.3. The quantitative estimate of drug-likeness (QED) is 0.324. The normalized spacial score (nSPS) is 13.4. The van der Waals surface area contributed by atoms with E-state index in [0.29, 0.717) is 21.9 Å². The van der Waals surface area contributed by atoms with Gasteiger partial charge in [0.1, 0.15) is 11.6 Å². The molecule has 0 saturated carbocycles. The maximum atomic E-state index is 13.4. The topological polar surface area (TPSA) is 71.2 Å². The molecule has 1 aliphatic rings. The Morgan fingerprint density at radius 2 is 1.84 bits per heavy atom. The summed E-state index contributed by atoms with van der Waals surface area (Å²) in [6.07, 6.45) is 1.79. The predicted molar refractivity (Wildman–Crippen MR) is 146 cm³/mol. The lowest BCUT2D eigenvalue weighted by Gasteiger charge is -2.20. The second-order valence-electron chi connectivity index (χ2n) is 8.36. The van der Waals surface area contributed by atoms with E-state index in [1.807, 2.05) is 35.7 Å². The molecular formula is C28H26FN5O2S. The molecule has 7 nitrogen and oxygen atoms in total. The van der Waals surface area contributed by atoms with Crippen LogP contribution in [0.15, 0.2) is 82.2 Å². The molecule has 0 bridgehead atoms. The highest BCUT2D eigenvalue weighted by Crippen LogP contribution is 2.33. The van der Waals surface area contributed by atoms with Gasteiger partial charge >= 0.3 is 0 Å². The molecule has 4 aromatic rings. The number of amides is 1. The van der Waals surface area contributed by atoms with E-state index in [-0.39, 0.29) is 18.3 Å². The van der Waals surface area contributed by atoms with Crippen LogP contribution in [-0.2, 0) is 4.79 Å². The number of nitrogens with zero attached hydrogens (tertiary/aromatic N) is 4. The van der Waals surface area contributed by atoms with Crippen molar-refractivity contribution in [2.75, 3.05) is 29.9 Å². The highest BCUT2D eigenvalue weighted by molar-refractivity contribution is 7.07. The maximum Gasteiger partial charge on any atom is 0.262 e. The van der Waals surface area contributed by atoms with Crippen molar-refractivity contribution in [3.8, 4) is 17.0 Å². The van der Waals surface area contributed by atoms with Crippen LogP contribution in [0.3, 0.4) is 0 Å². The average molecular weight is 516 g/mol. The molecule has 1 amide bonds. The maximum absolute atomic E-state index is 13.4. The van der Waals surface area contributed by atoms with Crippen molar-refractivity contribution in [1.82, 2.24) is 4.68 Å². The Morgan fingerprint density at radius 1 is 1.08 bits per heavy atom. The lowest BCUT2D eigenvalue weighted by Crippen LogP contribution is -2.25. The zero-order valence-electron chi connectivity index (χ0n) is 20.5. The summed E-state index contributed by atoms with van der Waals surface area (Å²) < 4.78 is 20.7. The van der Waals surface area contributed by atoms with Crippen molar-refractivity contribution in [2.45, 2.75) is 13.8 Å². The molecule has 1 aliphatic heterocycles. The highest BCUT2D eigenvalue weighted by Gasteiger charge is 2.18. The lowest BCUT2D eigenvalue weighted by atomic mass is 10.1. The molecule has 9 heteroatoms. The third-order valence-corrected chi connectivity index (χ3v) is 6.81. The first kappa shape index (κ1) is 24.5. The fourth-order valence-electron chi connectivity index (χ4n) is 4.04. The van der Waals surface area contributed by atoms with E-state index in [9.17, 15) is 9.18 Å². The number of aromatic nitrogens is 1. The number of hydrogen-bond donors (Lipinski definition) is 1. The number of carbonyl (C=O) groups excluding carboxylic acids is 1. The first-order valence-electron chi connectivity index (χ1n) is 12.0. The SMILES string of the molecule is CCN(CC)c1ccc(C=Nn2c(-c3ccc4c(c3)NC(=O)CO4)csc2=Nc2ccc(F)cc2)cc1. The first-order chi connectivity index (χ1) is 18.0. The van der Waals surface area contributed by atoms with Gasteiger partial charge in [0, 0.05) is 29.7 Å². The van der Waals surface area contributed by atoms with Crippen LogP contribution in [0, 0.1) is 5.82 Å². The van der Waals surface area contributed by atoms with Crippen LogP contribution < -0.4 is 19.8 Å². The number of halogens is 1. The van der Waals surface area contributed by atoms with Gasteiger partial charge in [-0.1, -0.05) is 12.1 Å². The van der Waals surface area contributed by atoms with E-state index >= 15 is 0 Å². The Bertz CT molecular complexity index is 1500.